The van der Waals surface area contributed by atoms with Gasteiger partial charge in [-0.05, 0) is 93.9 Å². The molecule has 2 heterocycles. The van der Waals surface area contributed by atoms with E-state index in [-0.39, 0.29) is 46.9 Å². The van der Waals surface area contributed by atoms with E-state index in [2.05, 4.69) is 58.0 Å². The Morgan fingerprint density at radius 3 is 2.00 bits per heavy atom. The molecule has 3 rings (SSSR count). The Labute approximate surface area is 348 Å². The van der Waals surface area contributed by atoms with E-state index in [1.165, 1.54) is 76.0 Å². The van der Waals surface area contributed by atoms with Crippen molar-refractivity contribution in [2.24, 2.45) is 28.6 Å². The summed E-state index contributed by atoms with van der Waals surface area (Å²) in [6.07, 6.45) is 15.0. The molecule has 0 saturated carbocycles. The number of carboxylic acids is 1. The molecular formula is C40H62N4NaO10. The van der Waals surface area contributed by atoms with Crippen LogP contribution in [0.15, 0.2) is 21.7 Å². The minimum atomic E-state index is -1.38. The van der Waals surface area contributed by atoms with Crippen molar-refractivity contribution in [1.29, 1.82) is 0 Å². The molecule has 3 atom stereocenters. The van der Waals surface area contributed by atoms with Crippen LogP contribution in [0, 0.1) is 48.6 Å². The fourth-order valence-electron chi connectivity index (χ4n) is 6.23. The summed E-state index contributed by atoms with van der Waals surface area (Å²) >= 11 is 0. The smallest absolute Gasteiger partial charge is 0.433 e. The number of rotatable bonds is 17. The molecule has 303 valence electrons. The number of amides is 2. The number of carboxylic acid groups (broad SMARTS) is 1. The summed E-state index contributed by atoms with van der Waals surface area (Å²) < 4.78 is 16.9. The van der Waals surface area contributed by atoms with Crippen molar-refractivity contribution in [2.45, 2.75) is 145 Å². The van der Waals surface area contributed by atoms with Crippen LogP contribution in [0.5, 0.6) is 11.5 Å². The van der Waals surface area contributed by atoms with E-state index < -0.39 is 28.6 Å². The number of hydrogen-bond acceptors (Lipinski definition) is 10. The van der Waals surface area contributed by atoms with Crippen molar-refractivity contribution in [3.8, 4) is 11.5 Å². The Hall–Kier alpha value is -3.75. The first kappa shape index (κ1) is 51.2. The van der Waals surface area contributed by atoms with Crippen LogP contribution in [0.25, 0.3) is 0 Å². The number of furan rings is 1. The molecule has 4 N–H and O–H groups in total. The minimum absolute atomic E-state index is 0. The molecule has 0 fully saturated rings. The summed E-state index contributed by atoms with van der Waals surface area (Å²) in [4.78, 5) is 50.1. The molecule has 2 aromatic rings. The molecule has 1 aliphatic rings. The van der Waals surface area contributed by atoms with Crippen LogP contribution in [0.2, 0.25) is 0 Å². The number of fused-ring (bicyclic) bond motifs is 1. The van der Waals surface area contributed by atoms with Crippen LogP contribution in [0.4, 0.5) is 10.7 Å². The number of carbonyl (C=O) groups excluding carboxylic acids is 3. The molecule has 15 heteroatoms. The first-order chi connectivity index (χ1) is 25.2. The quantitative estimate of drug-likeness (QED) is 0.0264. The van der Waals surface area contributed by atoms with Gasteiger partial charge in [0, 0.05) is 49.0 Å². The Kier molecular flexibility index (Phi) is 23.7. The summed E-state index contributed by atoms with van der Waals surface area (Å²) in [5.41, 5.74) is 10.9. The largest absolute Gasteiger partial charge is 0.487 e. The number of nitrogens with zero attached hydrogens (tertiary/aromatic N) is 2. The molecule has 2 amide bonds. The van der Waals surface area contributed by atoms with Crippen LogP contribution in [-0.4, -0.2) is 75.2 Å². The zero-order valence-electron chi connectivity index (χ0n) is 34.8. The number of urea groups is 1. The SMILES string of the molecule is CC(=O)C(=O)O.CC(=O)Oc1c(C)c(C)c2c(c1C)CC[C@@](C)(CCC[C@H](C)CCC[C@H](C)CCCC(C)C)O2.NC(=O)N/N=C/c1ccc([N+](=O)[O-])o1.[Na]. The van der Waals surface area contributed by atoms with E-state index >= 15 is 0 Å². The maximum Gasteiger partial charge on any atom is 0.433 e. The number of hydrogen-bond donors (Lipinski definition) is 3. The molecule has 1 aliphatic heterocycles. The van der Waals surface area contributed by atoms with E-state index in [9.17, 15) is 29.3 Å². The number of esters is 1. The summed E-state index contributed by atoms with van der Waals surface area (Å²) in [6.45, 7) is 20.5. The molecule has 0 bridgehead atoms. The maximum atomic E-state index is 11.6. The number of nitrogens with one attached hydrogen (secondary N) is 1. The molecule has 0 aliphatic carbocycles. The Balaban J connectivity index is 0.00000114. The average molecular weight is 782 g/mol. The Bertz CT molecular complexity index is 1590. The van der Waals surface area contributed by atoms with Crippen molar-refractivity contribution in [2.75, 3.05) is 0 Å². The topological polar surface area (TPSA) is 214 Å². The van der Waals surface area contributed by atoms with Crippen LogP contribution in [0.3, 0.4) is 0 Å². The van der Waals surface area contributed by atoms with Crippen LogP contribution >= 0.6 is 0 Å². The van der Waals surface area contributed by atoms with Crippen LogP contribution in [0.1, 0.15) is 141 Å². The second-order valence-corrected chi connectivity index (χ2v) is 15.0. The fourth-order valence-corrected chi connectivity index (χ4v) is 6.23. The molecule has 1 aromatic carbocycles. The van der Waals surface area contributed by atoms with Gasteiger partial charge in [0.2, 0.25) is 5.78 Å². The Morgan fingerprint density at radius 1 is 0.982 bits per heavy atom. The molecule has 0 saturated heterocycles. The maximum absolute atomic E-state index is 11.6. The number of carbonyl (C=O) groups is 4. The summed E-state index contributed by atoms with van der Waals surface area (Å²) in [5.74, 6) is 1.53. The predicted molar refractivity (Wildman–Crippen MR) is 214 cm³/mol. The minimum Gasteiger partial charge on any atom is -0.487 e. The molecule has 0 spiro atoms. The normalized spacial score (nSPS) is 15.5. The zero-order chi connectivity index (χ0) is 41.2. The van der Waals surface area contributed by atoms with Crippen molar-refractivity contribution in [3.63, 3.8) is 0 Å². The van der Waals surface area contributed by atoms with Gasteiger partial charge in [0.05, 0.1) is 12.3 Å². The van der Waals surface area contributed by atoms with E-state index in [0.29, 0.717) is 0 Å². The van der Waals surface area contributed by atoms with Gasteiger partial charge in [0.1, 0.15) is 22.0 Å². The molecular weight excluding hydrogens is 719 g/mol. The van der Waals surface area contributed by atoms with Crippen LogP contribution < -0.4 is 20.6 Å². The third kappa shape index (κ3) is 19.6. The number of Topliss-reactive ketones (excluding diaryl/α,β-unsaturated/α-hetero) is 1. The summed E-state index contributed by atoms with van der Waals surface area (Å²) in [7, 11) is 0. The van der Waals surface area contributed by atoms with Gasteiger partial charge in [-0.25, -0.2) is 15.0 Å². The monoisotopic (exact) mass is 781 g/mol. The standard InChI is InChI=1S/C31H52O3.C6H6N4O4.C3H4O3.Na/c1-21(2)13-10-14-22(3)15-11-16-23(4)17-12-19-31(9)20-18-28-26(7)29(33-27(8)32)24(5)25(6)30(28)34-31;7-6(11)9-8-3-4-1-2-5(14-4)10(12)13;1-2(4)3(5)6;/h21-23H,10-20H2,1-9H3;1-3H,(H3,7,9,11);1H3,(H,5,6);/b;8-3+;;/t22-,23-,31-;;;/m1.../s1. The van der Waals surface area contributed by atoms with Crippen LogP contribution in [-0.2, 0) is 20.8 Å². The van der Waals surface area contributed by atoms with E-state index in [0.717, 1.165) is 78.3 Å². The van der Waals surface area contributed by atoms with Crippen molar-refractivity contribution < 1.29 is 43.1 Å². The second kappa shape index (κ2) is 25.4. The zero-order valence-corrected chi connectivity index (χ0v) is 36.8. The first-order valence-electron chi connectivity index (χ1n) is 18.7. The third-order valence-electron chi connectivity index (χ3n) is 9.54. The third-order valence-corrected chi connectivity index (χ3v) is 9.54. The Morgan fingerprint density at radius 2 is 1.53 bits per heavy atom. The summed E-state index contributed by atoms with van der Waals surface area (Å²) in [5, 5.41) is 21.2. The van der Waals surface area contributed by atoms with Gasteiger partial charge in [-0.3, -0.25) is 19.7 Å². The van der Waals surface area contributed by atoms with Crippen molar-refractivity contribution >= 4 is 65.4 Å². The molecule has 55 heavy (non-hydrogen) atoms. The fraction of sp³-hybridized carbons (Fsp3) is 0.625. The van der Waals surface area contributed by atoms with E-state index in [1.54, 1.807) is 0 Å². The number of primary amides is 1. The number of hydrazone groups is 1. The van der Waals surface area contributed by atoms with Gasteiger partial charge in [0.25, 0.3) is 0 Å². The van der Waals surface area contributed by atoms with E-state index in [4.69, 9.17) is 20.3 Å². The van der Waals surface area contributed by atoms with Gasteiger partial charge in [0.15, 0.2) is 5.76 Å². The van der Waals surface area contributed by atoms with Gasteiger partial charge >= 0.3 is 23.9 Å². The van der Waals surface area contributed by atoms with Gasteiger partial charge in [-0.15, -0.1) is 0 Å². The predicted octanol–water partition coefficient (Wildman–Crippen LogP) is 8.53. The number of benzene rings is 1. The van der Waals surface area contributed by atoms with Crippen molar-refractivity contribution in [3.05, 3.63) is 50.3 Å². The molecule has 1 aromatic heterocycles. The van der Waals surface area contributed by atoms with Crippen molar-refractivity contribution in [1.82, 2.24) is 5.43 Å². The molecule has 0 unspecified atom stereocenters. The average Bonchev–Trinajstić information content (AvgIpc) is 3.55. The number of aliphatic carboxylic acids is 1. The molecule has 14 nitrogen and oxygen atoms in total. The van der Waals surface area contributed by atoms with Gasteiger partial charge < -0.3 is 24.7 Å². The van der Waals surface area contributed by atoms with Gasteiger partial charge in [-0.1, -0.05) is 72.6 Å². The molecule has 1 radical (unpaired) electrons. The van der Waals surface area contributed by atoms with E-state index in [1.807, 2.05) is 12.3 Å². The number of nitrogens with two attached hydrogens (primary N) is 1. The number of nitro groups is 1. The van der Waals surface area contributed by atoms with Gasteiger partial charge in [-0.2, -0.15) is 5.10 Å². The number of ether oxygens (including phenoxy) is 2. The second-order valence-electron chi connectivity index (χ2n) is 15.0. The number of ketones is 1. The summed E-state index contributed by atoms with van der Waals surface area (Å²) in [6, 6.07) is 1.68. The first-order valence-corrected chi connectivity index (χ1v) is 18.7.